The van der Waals surface area contributed by atoms with Crippen molar-refractivity contribution < 1.29 is 17.7 Å². The maximum atomic E-state index is 12.6. The van der Waals surface area contributed by atoms with Crippen LogP contribution in [0.25, 0.3) is 0 Å². The molecule has 1 aromatic carbocycles. The van der Waals surface area contributed by atoms with Crippen molar-refractivity contribution >= 4 is 10.0 Å². The van der Waals surface area contributed by atoms with Crippen molar-refractivity contribution in [2.45, 2.75) is 24.8 Å². The Morgan fingerprint density at radius 2 is 2.05 bits per heavy atom. The zero-order valence-electron chi connectivity index (χ0n) is 12.3. The van der Waals surface area contributed by atoms with Gasteiger partial charge in [-0.15, -0.1) is 0 Å². The Bertz CT molecular complexity index is 700. The molecule has 22 heavy (non-hydrogen) atoms. The number of benzene rings is 1. The molecule has 1 fully saturated rings. The van der Waals surface area contributed by atoms with Gasteiger partial charge in [-0.1, -0.05) is 35.5 Å². The molecule has 118 valence electrons. The molecule has 1 aromatic heterocycles. The summed E-state index contributed by atoms with van der Waals surface area (Å²) in [5, 5.41) is 3.69. The van der Waals surface area contributed by atoms with Crippen LogP contribution in [0.2, 0.25) is 0 Å². The minimum atomic E-state index is -3.47. The van der Waals surface area contributed by atoms with E-state index in [2.05, 4.69) is 5.16 Å². The lowest BCUT2D eigenvalue weighted by atomic mass is 10.1. The SMILES string of the molecule is C[C@H]1CO[C@@H](c2ccccc2)CN1S(=O)(=O)Cc1ccon1. The van der Waals surface area contributed by atoms with Crippen LogP contribution >= 0.6 is 0 Å². The molecular formula is C15H18N2O4S. The molecule has 1 aliphatic heterocycles. The molecule has 2 heterocycles. The van der Waals surface area contributed by atoms with Gasteiger partial charge in [0.25, 0.3) is 0 Å². The standard InChI is InChI=1S/C15H18N2O4S/c1-12-10-20-15(13-5-3-2-4-6-13)9-17(12)22(18,19)11-14-7-8-21-16-14/h2-8,12,15H,9-11H2,1H3/t12-,15+/m0/s1. The lowest BCUT2D eigenvalue weighted by molar-refractivity contribution is -0.0289. The number of morpholine rings is 1. The Balaban J connectivity index is 1.79. The van der Waals surface area contributed by atoms with E-state index in [-0.39, 0.29) is 17.9 Å². The number of sulfonamides is 1. The summed E-state index contributed by atoms with van der Waals surface area (Å²) in [6.45, 7) is 2.53. The molecule has 0 unspecified atom stereocenters. The van der Waals surface area contributed by atoms with Crippen LogP contribution in [-0.4, -0.2) is 37.1 Å². The number of ether oxygens (including phenoxy) is 1. The molecule has 6 nitrogen and oxygen atoms in total. The van der Waals surface area contributed by atoms with Crippen LogP contribution in [-0.2, 0) is 20.5 Å². The van der Waals surface area contributed by atoms with Crippen molar-refractivity contribution in [2.75, 3.05) is 13.2 Å². The molecule has 3 rings (SSSR count). The van der Waals surface area contributed by atoms with E-state index in [9.17, 15) is 8.42 Å². The molecule has 7 heteroatoms. The number of hydrogen-bond acceptors (Lipinski definition) is 5. The number of nitrogens with zero attached hydrogens (tertiary/aromatic N) is 2. The number of rotatable bonds is 4. The molecule has 0 spiro atoms. The maximum absolute atomic E-state index is 12.6. The van der Waals surface area contributed by atoms with E-state index in [1.54, 1.807) is 6.07 Å². The third-order valence-corrected chi connectivity index (χ3v) is 5.61. The van der Waals surface area contributed by atoms with Gasteiger partial charge in [-0.3, -0.25) is 0 Å². The summed E-state index contributed by atoms with van der Waals surface area (Å²) in [4.78, 5) is 0. The van der Waals surface area contributed by atoms with Gasteiger partial charge < -0.3 is 9.26 Å². The van der Waals surface area contributed by atoms with Gasteiger partial charge in [-0.2, -0.15) is 4.31 Å². The van der Waals surface area contributed by atoms with Crippen LogP contribution in [0.1, 0.15) is 24.3 Å². The molecule has 2 atom stereocenters. The summed E-state index contributed by atoms with van der Waals surface area (Å²) in [6, 6.07) is 11.0. The molecule has 1 aliphatic rings. The largest absolute Gasteiger partial charge is 0.370 e. The highest BCUT2D eigenvalue weighted by atomic mass is 32.2. The Morgan fingerprint density at radius 1 is 1.27 bits per heavy atom. The van der Waals surface area contributed by atoms with Crippen LogP contribution in [0.3, 0.4) is 0 Å². The van der Waals surface area contributed by atoms with Crippen molar-refractivity contribution in [1.82, 2.24) is 9.46 Å². The molecule has 0 N–H and O–H groups in total. The van der Waals surface area contributed by atoms with E-state index in [4.69, 9.17) is 9.26 Å². The van der Waals surface area contributed by atoms with E-state index in [0.29, 0.717) is 18.8 Å². The van der Waals surface area contributed by atoms with Gasteiger partial charge >= 0.3 is 0 Å². The van der Waals surface area contributed by atoms with Gasteiger partial charge in [-0.25, -0.2) is 8.42 Å². The van der Waals surface area contributed by atoms with Gasteiger partial charge in [0, 0.05) is 18.7 Å². The van der Waals surface area contributed by atoms with Crippen molar-refractivity contribution in [2.24, 2.45) is 0 Å². The van der Waals surface area contributed by atoms with E-state index in [0.717, 1.165) is 5.56 Å². The smallest absolute Gasteiger partial charge is 0.220 e. The fourth-order valence-electron chi connectivity index (χ4n) is 2.57. The van der Waals surface area contributed by atoms with Crippen LogP contribution in [0.15, 0.2) is 47.2 Å². The topological polar surface area (TPSA) is 72.6 Å². The predicted octanol–water partition coefficient (Wildman–Crippen LogP) is 1.97. The first-order valence-corrected chi connectivity index (χ1v) is 8.72. The Morgan fingerprint density at radius 3 is 2.73 bits per heavy atom. The van der Waals surface area contributed by atoms with Crippen LogP contribution in [0, 0.1) is 0 Å². The summed E-state index contributed by atoms with van der Waals surface area (Å²) < 4.78 is 37.3. The second-order valence-corrected chi connectivity index (χ2v) is 7.32. The fraction of sp³-hybridized carbons (Fsp3) is 0.400. The highest BCUT2D eigenvalue weighted by Crippen LogP contribution is 2.27. The molecule has 0 amide bonds. The zero-order chi connectivity index (χ0) is 15.6. The summed E-state index contributed by atoms with van der Waals surface area (Å²) in [5.41, 5.74) is 1.39. The lowest BCUT2D eigenvalue weighted by Crippen LogP contribution is -2.48. The summed E-state index contributed by atoms with van der Waals surface area (Å²) in [7, 11) is -3.47. The normalized spacial score (nSPS) is 23.5. The Kier molecular flexibility index (Phi) is 4.28. The van der Waals surface area contributed by atoms with E-state index in [1.165, 1.54) is 10.6 Å². The van der Waals surface area contributed by atoms with Gasteiger partial charge in [0.15, 0.2) is 0 Å². The first kappa shape index (κ1) is 15.2. The molecule has 1 saturated heterocycles. The quantitative estimate of drug-likeness (QED) is 0.860. The maximum Gasteiger partial charge on any atom is 0.220 e. The molecule has 0 bridgehead atoms. The second kappa shape index (κ2) is 6.20. The van der Waals surface area contributed by atoms with Crippen molar-refractivity contribution in [3.8, 4) is 0 Å². The van der Waals surface area contributed by atoms with E-state index in [1.807, 2.05) is 37.3 Å². The summed E-state index contributed by atoms with van der Waals surface area (Å²) >= 11 is 0. The summed E-state index contributed by atoms with van der Waals surface area (Å²) in [5.74, 6) is -0.157. The lowest BCUT2D eigenvalue weighted by Gasteiger charge is -2.37. The predicted molar refractivity (Wildman–Crippen MR) is 80.4 cm³/mol. The highest BCUT2D eigenvalue weighted by Gasteiger charge is 2.35. The van der Waals surface area contributed by atoms with Crippen molar-refractivity contribution in [1.29, 1.82) is 0 Å². The molecule has 2 aromatic rings. The minimum absolute atomic E-state index is 0.157. The fourth-order valence-corrected chi connectivity index (χ4v) is 4.23. The number of aromatic nitrogens is 1. The third kappa shape index (κ3) is 3.21. The average Bonchev–Trinajstić information content (AvgIpc) is 3.00. The summed E-state index contributed by atoms with van der Waals surface area (Å²) in [6.07, 6.45) is 1.13. The minimum Gasteiger partial charge on any atom is -0.370 e. The van der Waals surface area contributed by atoms with Gasteiger partial charge in [-0.05, 0) is 12.5 Å². The third-order valence-electron chi connectivity index (χ3n) is 3.73. The Hall–Kier alpha value is -1.70. The second-order valence-electron chi connectivity index (χ2n) is 5.40. The first-order chi connectivity index (χ1) is 10.6. The highest BCUT2D eigenvalue weighted by molar-refractivity contribution is 7.88. The number of hydrogen-bond donors (Lipinski definition) is 0. The van der Waals surface area contributed by atoms with Crippen molar-refractivity contribution in [3.05, 3.63) is 53.9 Å². The molecule has 0 aliphatic carbocycles. The molecule has 0 radical (unpaired) electrons. The van der Waals surface area contributed by atoms with Gasteiger partial charge in [0.2, 0.25) is 10.0 Å². The van der Waals surface area contributed by atoms with Crippen LogP contribution in [0.4, 0.5) is 0 Å². The van der Waals surface area contributed by atoms with Crippen LogP contribution in [0.5, 0.6) is 0 Å². The first-order valence-electron chi connectivity index (χ1n) is 7.11. The molecular weight excluding hydrogens is 304 g/mol. The van der Waals surface area contributed by atoms with Gasteiger partial charge in [0.1, 0.15) is 12.0 Å². The monoisotopic (exact) mass is 322 g/mol. The van der Waals surface area contributed by atoms with Crippen LogP contribution < -0.4 is 0 Å². The Labute approximate surface area is 129 Å². The van der Waals surface area contributed by atoms with Crippen molar-refractivity contribution in [3.63, 3.8) is 0 Å². The van der Waals surface area contributed by atoms with Gasteiger partial charge in [0.05, 0.1) is 18.4 Å². The average molecular weight is 322 g/mol. The van der Waals surface area contributed by atoms with E-state index < -0.39 is 10.0 Å². The van der Waals surface area contributed by atoms with E-state index >= 15 is 0 Å². The molecule has 0 saturated carbocycles. The zero-order valence-corrected chi connectivity index (χ0v) is 13.1.